The fourth-order valence-electron chi connectivity index (χ4n) is 2.91. The largest absolute Gasteiger partial charge is 0.335 e. The van der Waals surface area contributed by atoms with Gasteiger partial charge in [-0.3, -0.25) is 9.69 Å². The van der Waals surface area contributed by atoms with Crippen molar-refractivity contribution < 1.29 is 4.79 Å². The fraction of sp³-hybridized carbons (Fsp3) is 0.429. The second-order valence-corrected chi connectivity index (χ2v) is 4.90. The van der Waals surface area contributed by atoms with Crippen molar-refractivity contribution in [3.63, 3.8) is 0 Å². The molecule has 4 nitrogen and oxygen atoms in total. The number of nitriles is 1. The second kappa shape index (κ2) is 4.43. The number of carbonyl (C=O) groups excluding carboxylic acids is 1. The molecule has 0 spiro atoms. The van der Waals surface area contributed by atoms with Gasteiger partial charge in [0.15, 0.2) is 0 Å². The van der Waals surface area contributed by atoms with E-state index in [1.807, 2.05) is 18.2 Å². The first-order chi connectivity index (χ1) is 8.79. The van der Waals surface area contributed by atoms with Crippen LogP contribution in [0.5, 0.6) is 0 Å². The number of benzene rings is 1. The molecule has 0 aromatic heterocycles. The number of piperidine rings is 1. The van der Waals surface area contributed by atoms with Crippen molar-refractivity contribution >= 4 is 5.91 Å². The van der Waals surface area contributed by atoms with Gasteiger partial charge in [0.1, 0.15) is 6.17 Å². The molecule has 2 atom stereocenters. The maximum Gasteiger partial charge on any atom is 0.238 e. The van der Waals surface area contributed by atoms with Gasteiger partial charge in [0.25, 0.3) is 0 Å². The molecule has 4 heteroatoms. The fourth-order valence-corrected chi connectivity index (χ4v) is 2.91. The van der Waals surface area contributed by atoms with Crippen LogP contribution in [0.1, 0.15) is 36.6 Å². The predicted molar refractivity (Wildman–Crippen MR) is 66.4 cm³/mol. The molecule has 0 aliphatic carbocycles. The monoisotopic (exact) mass is 241 g/mol. The van der Waals surface area contributed by atoms with E-state index in [1.54, 1.807) is 6.07 Å². The normalized spacial score (nSPS) is 27.4. The lowest BCUT2D eigenvalue weighted by Crippen LogP contribution is -2.38. The average Bonchev–Trinajstić information content (AvgIpc) is 2.77. The van der Waals surface area contributed by atoms with E-state index in [0.29, 0.717) is 5.56 Å². The number of hydrogen-bond acceptors (Lipinski definition) is 3. The van der Waals surface area contributed by atoms with Crippen molar-refractivity contribution in [1.82, 2.24) is 10.2 Å². The minimum absolute atomic E-state index is 0.0227. The van der Waals surface area contributed by atoms with Crippen molar-refractivity contribution in [3.8, 4) is 6.07 Å². The van der Waals surface area contributed by atoms with Crippen LogP contribution in [0.25, 0.3) is 0 Å². The zero-order valence-corrected chi connectivity index (χ0v) is 10.1. The van der Waals surface area contributed by atoms with Crippen molar-refractivity contribution in [3.05, 3.63) is 35.4 Å². The Kier molecular flexibility index (Phi) is 2.77. The highest BCUT2D eigenvalue weighted by Crippen LogP contribution is 2.32. The van der Waals surface area contributed by atoms with Crippen molar-refractivity contribution in [2.75, 3.05) is 6.54 Å². The third-order valence-corrected chi connectivity index (χ3v) is 3.79. The van der Waals surface area contributed by atoms with E-state index in [-0.39, 0.29) is 18.1 Å². The summed E-state index contributed by atoms with van der Waals surface area (Å²) < 4.78 is 0. The highest BCUT2D eigenvalue weighted by Gasteiger charge is 2.41. The maximum absolute atomic E-state index is 11.9. The molecule has 1 aromatic carbocycles. The van der Waals surface area contributed by atoms with Gasteiger partial charge in [-0.05, 0) is 30.5 Å². The van der Waals surface area contributed by atoms with Crippen molar-refractivity contribution in [2.45, 2.75) is 31.5 Å². The summed E-state index contributed by atoms with van der Waals surface area (Å²) >= 11 is 0. The highest BCUT2D eigenvalue weighted by molar-refractivity contribution is 5.84. The van der Waals surface area contributed by atoms with Gasteiger partial charge in [-0.15, -0.1) is 0 Å². The molecule has 1 amide bonds. The van der Waals surface area contributed by atoms with Crippen LogP contribution in [-0.4, -0.2) is 23.4 Å². The van der Waals surface area contributed by atoms with Crippen LogP contribution < -0.4 is 5.32 Å². The molecule has 2 aliphatic rings. The van der Waals surface area contributed by atoms with Crippen LogP contribution in [0.4, 0.5) is 0 Å². The molecular formula is C14H15N3O. The number of hydrogen-bond donors (Lipinski definition) is 1. The SMILES string of the molecule is N#Cc1cccc([C@H]2NC(=O)[C@H]3CCCCN32)c1. The Hall–Kier alpha value is -1.86. The lowest BCUT2D eigenvalue weighted by Gasteiger charge is -2.31. The van der Waals surface area contributed by atoms with Crippen LogP contribution in [0.3, 0.4) is 0 Å². The first-order valence-corrected chi connectivity index (χ1v) is 6.36. The molecule has 1 N–H and O–H groups in total. The molecule has 2 fully saturated rings. The summed E-state index contributed by atoms with van der Waals surface area (Å²) in [4.78, 5) is 14.2. The van der Waals surface area contributed by atoms with Gasteiger partial charge in [-0.25, -0.2) is 0 Å². The Morgan fingerprint density at radius 1 is 1.39 bits per heavy atom. The molecule has 92 valence electrons. The zero-order chi connectivity index (χ0) is 12.5. The summed E-state index contributed by atoms with van der Waals surface area (Å²) in [6.07, 6.45) is 3.15. The number of fused-ring (bicyclic) bond motifs is 1. The van der Waals surface area contributed by atoms with Crippen molar-refractivity contribution in [1.29, 1.82) is 5.26 Å². The van der Waals surface area contributed by atoms with Gasteiger partial charge in [-0.1, -0.05) is 18.6 Å². The van der Waals surface area contributed by atoms with Crippen LogP contribution in [0.15, 0.2) is 24.3 Å². The Morgan fingerprint density at radius 2 is 2.28 bits per heavy atom. The Balaban J connectivity index is 1.92. The van der Waals surface area contributed by atoms with Crippen LogP contribution in [-0.2, 0) is 4.79 Å². The quantitative estimate of drug-likeness (QED) is 0.811. The molecule has 2 saturated heterocycles. The first kappa shape index (κ1) is 11.2. The van der Waals surface area contributed by atoms with Crippen LogP contribution in [0, 0.1) is 11.3 Å². The van der Waals surface area contributed by atoms with Gasteiger partial charge in [0, 0.05) is 6.54 Å². The lowest BCUT2D eigenvalue weighted by molar-refractivity contribution is -0.122. The Labute approximate surface area is 106 Å². The van der Waals surface area contributed by atoms with E-state index in [0.717, 1.165) is 31.4 Å². The van der Waals surface area contributed by atoms with Gasteiger partial charge >= 0.3 is 0 Å². The van der Waals surface area contributed by atoms with Gasteiger partial charge in [0.05, 0.1) is 17.7 Å². The molecule has 0 saturated carbocycles. The summed E-state index contributed by atoms with van der Waals surface area (Å²) in [5.74, 6) is 0.127. The number of amides is 1. The third kappa shape index (κ3) is 1.77. The summed E-state index contributed by atoms with van der Waals surface area (Å²) in [5, 5.41) is 12.0. The average molecular weight is 241 g/mol. The van der Waals surface area contributed by atoms with E-state index in [4.69, 9.17) is 5.26 Å². The molecule has 2 aliphatic heterocycles. The topological polar surface area (TPSA) is 56.1 Å². The van der Waals surface area contributed by atoms with Crippen LogP contribution >= 0.6 is 0 Å². The second-order valence-electron chi connectivity index (χ2n) is 4.90. The van der Waals surface area contributed by atoms with E-state index < -0.39 is 0 Å². The molecule has 0 unspecified atom stereocenters. The van der Waals surface area contributed by atoms with E-state index in [9.17, 15) is 4.79 Å². The summed E-state index contributed by atoms with van der Waals surface area (Å²) in [6, 6.07) is 9.66. The number of nitrogens with one attached hydrogen (secondary N) is 1. The standard InChI is InChI=1S/C14H15N3O/c15-9-10-4-3-5-11(8-10)13-16-14(18)12-6-1-2-7-17(12)13/h3-5,8,12-13H,1-2,6-7H2,(H,16,18)/t12-,13+/m1/s1. The minimum atomic E-state index is -0.0592. The van der Waals surface area contributed by atoms with E-state index in [2.05, 4.69) is 16.3 Å². The van der Waals surface area contributed by atoms with Gasteiger partial charge in [-0.2, -0.15) is 5.26 Å². The predicted octanol–water partition coefficient (Wildman–Crippen LogP) is 1.54. The summed E-state index contributed by atoms with van der Waals surface area (Å²) in [5.41, 5.74) is 1.65. The number of carbonyl (C=O) groups is 1. The Morgan fingerprint density at radius 3 is 3.11 bits per heavy atom. The van der Waals surface area contributed by atoms with E-state index >= 15 is 0 Å². The smallest absolute Gasteiger partial charge is 0.238 e. The number of nitrogens with zero attached hydrogens (tertiary/aromatic N) is 2. The maximum atomic E-state index is 11.9. The third-order valence-electron chi connectivity index (χ3n) is 3.79. The minimum Gasteiger partial charge on any atom is -0.335 e. The molecule has 0 bridgehead atoms. The molecule has 0 radical (unpaired) electrons. The highest BCUT2D eigenvalue weighted by atomic mass is 16.2. The number of rotatable bonds is 1. The van der Waals surface area contributed by atoms with Gasteiger partial charge in [0.2, 0.25) is 5.91 Å². The van der Waals surface area contributed by atoms with Gasteiger partial charge < -0.3 is 5.32 Å². The zero-order valence-electron chi connectivity index (χ0n) is 10.1. The van der Waals surface area contributed by atoms with Crippen molar-refractivity contribution in [2.24, 2.45) is 0 Å². The van der Waals surface area contributed by atoms with Crippen LogP contribution in [0.2, 0.25) is 0 Å². The summed E-state index contributed by atoms with van der Waals surface area (Å²) in [6.45, 7) is 0.949. The molecule has 3 rings (SSSR count). The first-order valence-electron chi connectivity index (χ1n) is 6.36. The molecule has 1 aromatic rings. The molecule has 18 heavy (non-hydrogen) atoms. The molecular weight excluding hydrogens is 226 g/mol. The van der Waals surface area contributed by atoms with E-state index in [1.165, 1.54) is 0 Å². The lowest BCUT2D eigenvalue weighted by atomic mass is 10.0. The summed E-state index contributed by atoms with van der Waals surface area (Å²) in [7, 11) is 0. The Bertz CT molecular complexity index is 520. The molecule has 2 heterocycles.